The third kappa shape index (κ3) is 3.60. The van der Waals surface area contributed by atoms with E-state index in [1.54, 1.807) is 0 Å². The number of nitrogens with one attached hydrogen (secondary N) is 1. The Morgan fingerprint density at radius 2 is 1.96 bits per heavy atom. The van der Waals surface area contributed by atoms with Gasteiger partial charge in [-0.3, -0.25) is 4.90 Å². The molecule has 0 bridgehead atoms. The summed E-state index contributed by atoms with van der Waals surface area (Å²) in [5, 5.41) is 0.794. The van der Waals surface area contributed by atoms with Gasteiger partial charge in [0.25, 0.3) is 0 Å². The molecule has 0 amide bonds. The minimum Gasteiger partial charge on any atom is -0.493 e. The van der Waals surface area contributed by atoms with Gasteiger partial charge in [-0.15, -0.1) is 0 Å². The van der Waals surface area contributed by atoms with Crippen LogP contribution in [0.25, 0.3) is 11.4 Å². The predicted octanol–water partition coefficient (Wildman–Crippen LogP) is 3.99. The van der Waals surface area contributed by atoms with E-state index in [4.69, 9.17) is 16.3 Å². The van der Waals surface area contributed by atoms with Gasteiger partial charge in [-0.05, 0) is 42.0 Å². The first-order chi connectivity index (χ1) is 13.7. The molecule has 0 saturated carbocycles. The molecule has 2 aliphatic heterocycles. The highest BCUT2D eigenvalue weighted by atomic mass is 35.5. The summed E-state index contributed by atoms with van der Waals surface area (Å²) in [6, 6.07) is 14.4. The number of ether oxygens (including phenoxy) is 1. The van der Waals surface area contributed by atoms with Crippen molar-refractivity contribution in [1.82, 2.24) is 14.9 Å². The van der Waals surface area contributed by atoms with Crippen LogP contribution in [0.3, 0.4) is 0 Å². The van der Waals surface area contributed by atoms with Crippen molar-refractivity contribution in [3.8, 4) is 17.1 Å². The van der Waals surface area contributed by atoms with E-state index < -0.39 is 0 Å². The maximum Gasteiger partial charge on any atom is 0.137 e. The summed E-state index contributed by atoms with van der Waals surface area (Å²) in [7, 11) is 0. The number of fused-ring (bicyclic) bond motifs is 1. The molecule has 28 heavy (non-hydrogen) atoms. The van der Waals surface area contributed by atoms with Crippen LogP contribution in [0.4, 0.5) is 5.69 Å². The number of piperazine rings is 1. The highest BCUT2D eigenvalue weighted by Gasteiger charge is 2.19. The molecule has 1 N–H and O–H groups in total. The lowest BCUT2D eigenvalue weighted by molar-refractivity contribution is 0.247. The van der Waals surface area contributed by atoms with Gasteiger partial charge in [-0.25, -0.2) is 4.98 Å². The van der Waals surface area contributed by atoms with Crippen LogP contribution in [0.2, 0.25) is 5.02 Å². The summed E-state index contributed by atoms with van der Waals surface area (Å²) in [5.74, 6) is 1.94. The summed E-state index contributed by atoms with van der Waals surface area (Å²) in [4.78, 5) is 13.0. The van der Waals surface area contributed by atoms with Crippen LogP contribution < -0.4 is 9.64 Å². The zero-order valence-electron chi connectivity index (χ0n) is 15.7. The molecule has 0 unspecified atom stereocenters. The minimum absolute atomic E-state index is 0.781. The van der Waals surface area contributed by atoms with E-state index in [1.165, 1.54) is 11.3 Å². The summed E-state index contributed by atoms with van der Waals surface area (Å²) in [5.41, 5.74) is 4.76. The molecule has 2 aromatic carbocycles. The standard InChI is InChI=1S/C22H23ClN4O/c23-18-2-1-3-20(13-18)27-9-7-26(8-10-27)15-19-14-24-22(25-19)17-4-5-21-16(12-17)6-11-28-21/h1-5,12-14H,6-11,15H2,(H,24,25). The topological polar surface area (TPSA) is 44.4 Å². The number of rotatable bonds is 4. The Bertz CT molecular complexity index is 978. The Hall–Kier alpha value is -2.50. The first-order valence-electron chi connectivity index (χ1n) is 9.77. The van der Waals surface area contributed by atoms with Crippen molar-refractivity contribution in [2.45, 2.75) is 13.0 Å². The van der Waals surface area contributed by atoms with E-state index in [0.717, 1.165) is 73.6 Å². The van der Waals surface area contributed by atoms with Crippen molar-refractivity contribution in [2.24, 2.45) is 0 Å². The molecule has 0 aliphatic carbocycles. The first kappa shape index (κ1) is 17.6. The van der Waals surface area contributed by atoms with E-state index in [1.807, 2.05) is 24.4 Å². The lowest BCUT2D eigenvalue weighted by Crippen LogP contribution is -2.46. The lowest BCUT2D eigenvalue weighted by atomic mass is 10.1. The molecule has 5 nitrogen and oxygen atoms in total. The number of imidazole rings is 1. The molecule has 3 aromatic rings. The van der Waals surface area contributed by atoms with Crippen molar-refractivity contribution >= 4 is 17.3 Å². The maximum atomic E-state index is 6.13. The minimum atomic E-state index is 0.781. The van der Waals surface area contributed by atoms with Crippen molar-refractivity contribution < 1.29 is 4.74 Å². The summed E-state index contributed by atoms with van der Waals surface area (Å²) < 4.78 is 5.59. The highest BCUT2D eigenvalue weighted by molar-refractivity contribution is 6.30. The predicted molar refractivity (Wildman–Crippen MR) is 112 cm³/mol. The molecule has 0 radical (unpaired) electrons. The summed E-state index contributed by atoms with van der Waals surface area (Å²) in [6.45, 7) is 5.74. The Kier molecular flexibility index (Phi) is 4.71. The third-order valence-corrected chi connectivity index (χ3v) is 5.77. The molecular formula is C22H23ClN4O. The van der Waals surface area contributed by atoms with E-state index in [2.05, 4.69) is 44.0 Å². The van der Waals surface area contributed by atoms with Crippen LogP contribution in [0, 0.1) is 0 Å². The zero-order valence-corrected chi connectivity index (χ0v) is 16.5. The van der Waals surface area contributed by atoms with Crippen molar-refractivity contribution in [1.29, 1.82) is 0 Å². The fourth-order valence-corrected chi connectivity index (χ4v) is 4.18. The number of H-pyrrole nitrogens is 1. The molecule has 2 aliphatic rings. The molecule has 0 atom stereocenters. The molecule has 0 spiro atoms. The number of halogens is 1. The number of aromatic nitrogens is 2. The van der Waals surface area contributed by atoms with E-state index in [0.29, 0.717) is 0 Å². The van der Waals surface area contributed by atoms with E-state index in [-0.39, 0.29) is 0 Å². The van der Waals surface area contributed by atoms with Gasteiger partial charge < -0.3 is 14.6 Å². The van der Waals surface area contributed by atoms with Gasteiger partial charge in [0.1, 0.15) is 11.6 Å². The molecule has 1 aromatic heterocycles. The second kappa shape index (κ2) is 7.49. The molecule has 6 heteroatoms. The van der Waals surface area contributed by atoms with Crippen LogP contribution in [-0.2, 0) is 13.0 Å². The molecule has 3 heterocycles. The number of hydrogen-bond acceptors (Lipinski definition) is 4. The van der Waals surface area contributed by atoms with E-state index >= 15 is 0 Å². The third-order valence-electron chi connectivity index (χ3n) is 5.53. The van der Waals surface area contributed by atoms with Gasteiger partial charge in [0.05, 0.1) is 6.61 Å². The highest BCUT2D eigenvalue weighted by Crippen LogP contribution is 2.29. The van der Waals surface area contributed by atoms with Crippen molar-refractivity contribution in [3.63, 3.8) is 0 Å². The Labute approximate surface area is 169 Å². The van der Waals surface area contributed by atoms with Crippen LogP contribution in [-0.4, -0.2) is 47.7 Å². The molecule has 1 fully saturated rings. The molecule has 144 valence electrons. The van der Waals surface area contributed by atoms with Gasteiger partial charge in [-0.1, -0.05) is 17.7 Å². The monoisotopic (exact) mass is 394 g/mol. The SMILES string of the molecule is Clc1cccc(N2CCN(Cc3cnc(-c4ccc5c(c4)CCO5)[nH]3)CC2)c1. The summed E-state index contributed by atoms with van der Waals surface area (Å²) >= 11 is 6.13. The second-order valence-electron chi connectivity index (χ2n) is 7.42. The Balaban J connectivity index is 1.21. The molecular weight excluding hydrogens is 372 g/mol. The number of aromatic amines is 1. The number of benzene rings is 2. The number of anilines is 1. The Morgan fingerprint density at radius 3 is 2.82 bits per heavy atom. The summed E-state index contributed by atoms with van der Waals surface area (Å²) in [6.07, 6.45) is 2.94. The average Bonchev–Trinajstić information content (AvgIpc) is 3.37. The quantitative estimate of drug-likeness (QED) is 0.726. The van der Waals surface area contributed by atoms with Crippen LogP contribution in [0.1, 0.15) is 11.3 Å². The molecule has 5 rings (SSSR count). The smallest absolute Gasteiger partial charge is 0.137 e. The largest absolute Gasteiger partial charge is 0.493 e. The van der Waals surface area contributed by atoms with Gasteiger partial charge in [0.2, 0.25) is 0 Å². The van der Waals surface area contributed by atoms with Gasteiger partial charge in [-0.2, -0.15) is 0 Å². The van der Waals surface area contributed by atoms with E-state index in [9.17, 15) is 0 Å². The van der Waals surface area contributed by atoms with Crippen LogP contribution in [0.15, 0.2) is 48.7 Å². The average molecular weight is 395 g/mol. The normalized spacial score (nSPS) is 16.8. The van der Waals surface area contributed by atoms with Gasteiger partial charge in [0.15, 0.2) is 0 Å². The molecule has 1 saturated heterocycles. The van der Waals surface area contributed by atoms with Crippen LogP contribution in [0.5, 0.6) is 5.75 Å². The Morgan fingerprint density at radius 1 is 1.07 bits per heavy atom. The van der Waals surface area contributed by atoms with Gasteiger partial charge in [0, 0.05) is 67.3 Å². The van der Waals surface area contributed by atoms with Gasteiger partial charge >= 0.3 is 0 Å². The zero-order chi connectivity index (χ0) is 18.9. The fourth-order valence-electron chi connectivity index (χ4n) is 4.00. The first-order valence-corrected chi connectivity index (χ1v) is 10.2. The van der Waals surface area contributed by atoms with Crippen LogP contribution >= 0.6 is 11.6 Å². The van der Waals surface area contributed by atoms with Crippen molar-refractivity contribution in [2.75, 3.05) is 37.7 Å². The van der Waals surface area contributed by atoms with Crippen molar-refractivity contribution in [3.05, 3.63) is 64.9 Å². The second-order valence-corrected chi connectivity index (χ2v) is 7.86. The lowest BCUT2D eigenvalue weighted by Gasteiger charge is -2.35. The number of nitrogens with zero attached hydrogens (tertiary/aromatic N) is 3. The maximum absolute atomic E-state index is 6.13. The fraction of sp³-hybridized carbons (Fsp3) is 0.318. The number of hydrogen-bond donors (Lipinski definition) is 1.